The second-order valence-corrected chi connectivity index (χ2v) is 7.88. The first-order valence-electron chi connectivity index (χ1n) is 8.66. The topological polar surface area (TPSA) is 123 Å². The average Bonchev–Trinajstić information content (AvgIpc) is 2.70. The van der Waals surface area contributed by atoms with E-state index in [0.717, 1.165) is 0 Å². The lowest BCUT2D eigenvalue weighted by atomic mass is 9.93. The summed E-state index contributed by atoms with van der Waals surface area (Å²) in [5, 5.41) is 10.4. The van der Waals surface area contributed by atoms with Gasteiger partial charge < -0.3 is 19.0 Å². The molecule has 2 N–H and O–H groups in total. The fourth-order valence-corrected chi connectivity index (χ4v) is 4.08. The Morgan fingerprint density at radius 2 is 1.63 bits per heavy atom. The van der Waals surface area contributed by atoms with Crippen LogP contribution in [-0.2, 0) is 10.1 Å². The van der Waals surface area contributed by atoms with Gasteiger partial charge in [0.25, 0.3) is 10.1 Å². The standard InChI is InChI=1S/C21H16O8S/c1-27-16-10-19(28-2)20(30(24,25)26)9-15(16)21-13-5-3-11(22)7-17(13)29-18-8-12(23)4-6-14(18)21/h3-10,22H,1-2H3,(H,24,25,26). The molecular weight excluding hydrogens is 412 g/mol. The van der Waals surface area contributed by atoms with Crippen LogP contribution in [0.15, 0.2) is 62.6 Å². The second kappa shape index (κ2) is 7.05. The molecule has 1 aliphatic heterocycles. The maximum Gasteiger partial charge on any atom is 0.298 e. The van der Waals surface area contributed by atoms with Gasteiger partial charge in [-0.15, -0.1) is 0 Å². The zero-order valence-corrected chi connectivity index (χ0v) is 16.7. The van der Waals surface area contributed by atoms with Crippen molar-refractivity contribution in [1.82, 2.24) is 0 Å². The first-order valence-corrected chi connectivity index (χ1v) is 10.1. The van der Waals surface area contributed by atoms with Crippen molar-refractivity contribution >= 4 is 21.1 Å². The highest BCUT2D eigenvalue weighted by atomic mass is 32.2. The fourth-order valence-electron chi connectivity index (χ4n) is 3.42. The molecule has 4 rings (SSSR count). The van der Waals surface area contributed by atoms with Crippen LogP contribution in [0.5, 0.6) is 17.2 Å². The molecule has 9 heteroatoms. The van der Waals surface area contributed by atoms with E-state index in [0.29, 0.717) is 22.1 Å². The summed E-state index contributed by atoms with van der Waals surface area (Å²) in [6.07, 6.45) is 0. The summed E-state index contributed by atoms with van der Waals surface area (Å²) in [6, 6.07) is 11.2. The molecule has 0 aromatic heterocycles. The number of aromatic hydroxyl groups is 1. The molecular formula is C21H16O8S. The van der Waals surface area contributed by atoms with Crippen LogP contribution in [-0.4, -0.2) is 32.3 Å². The first kappa shape index (κ1) is 19.7. The third kappa shape index (κ3) is 3.23. The molecule has 1 aliphatic carbocycles. The Balaban J connectivity index is 2.21. The van der Waals surface area contributed by atoms with Crippen molar-refractivity contribution in [3.63, 3.8) is 0 Å². The fraction of sp³-hybridized carbons (Fsp3) is 0.0952. The van der Waals surface area contributed by atoms with E-state index in [1.54, 1.807) is 12.1 Å². The van der Waals surface area contributed by atoms with Gasteiger partial charge in [0.15, 0.2) is 5.43 Å². The van der Waals surface area contributed by atoms with E-state index >= 15 is 0 Å². The van der Waals surface area contributed by atoms with E-state index in [9.17, 15) is 22.9 Å². The van der Waals surface area contributed by atoms with E-state index in [-0.39, 0.29) is 34.0 Å². The van der Waals surface area contributed by atoms with Crippen LogP contribution in [0.4, 0.5) is 0 Å². The molecule has 1 heterocycles. The van der Waals surface area contributed by atoms with Gasteiger partial charge in [0.2, 0.25) is 0 Å². The predicted octanol–water partition coefficient (Wildman–Crippen LogP) is 3.53. The van der Waals surface area contributed by atoms with E-state index in [2.05, 4.69) is 0 Å². The van der Waals surface area contributed by atoms with Gasteiger partial charge in [-0.05, 0) is 30.3 Å². The summed E-state index contributed by atoms with van der Waals surface area (Å²) in [4.78, 5) is 11.4. The van der Waals surface area contributed by atoms with Crippen LogP contribution in [0.2, 0.25) is 0 Å². The molecule has 0 atom stereocenters. The number of hydrogen-bond donors (Lipinski definition) is 2. The predicted molar refractivity (Wildman–Crippen MR) is 109 cm³/mol. The summed E-state index contributed by atoms with van der Waals surface area (Å²) in [7, 11) is -1.94. The van der Waals surface area contributed by atoms with E-state index in [1.807, 2.05) is 0 Å². The lowest BCUT2D eigenvalue weighted by Gasteiger charge is -2.19. The molecule has 0 unspecified atom stereocenters. The van der Waals surface area contributed by atoms with Gasteiger partial charge in [-0.1, -0.05) is 0 Å². The third-order valence-electron chi connectivity index (χ3n) is 4.71. The Kier molecular flexibility index (Phi) is 4.64. The smallest absolute Gasteiger partial charge is 0.298 e. The van der Waals surface area contributed by atoms with Crippen molar-refractivity contribution in [3.8, 4) is 39.7 Å². The number of phenolic OH excluding ortho intramolecular Hbond substituents is 1. The molecule has 2 aromatic rings. The number of fused-ring (bicyclic) bond motifs is 2. The number of ether oxygens (including phenoxy) is 2. The largest absolute Gasteiger partial charge is 0.508 e. The number of benzene rings is 3. The van der Waals surface area contributed by atoms with Gasteiger partial charge in [-0.25, -0.2) is 0 Å². The van der Waals surface area contributed by atoms with Crippen LogP contribution < -0.4 is 14.9 Å². The molecule has 8 nitrogen and oxygen atoms in total. The minimum absolute atomic E-state index is 0.0462. The molecule has 0 bridgehead atoms. The summed E-state index contributed by atoms with van der Waals surface area (Å²) in [6.45, 7) is 0. The minimum atomic E-state index is -4.62. The molecule has 0 amide bonds. The molecule has 0 fully saturated rings. The molecule has 0 saturated heterocycles. The Morgan fingerprint density at radius 3 is 2.30 bits per heavy atom. The lowest BCUT2D eigenvalue weighted by molar-refractivity contribution is 0.384. The van der Waals surface area contributed by atoms with Gasteiger partial charge >= 0.3 is 0 Å². The van der Waals surface area contributed by atoms with Gasteiger partial charge in [0.1, 0.15) is 33.5 Å². The number of phenols is 1. The molecule has 0 radical (unpaired) electrons. The Bertz CT molecular complexity index is 1420. The first-order chi connectivity index (χ1) is 14.2. The number of rotatable bonds is 4. The van der Waals surface area contributed by atoms with Crippen molar-refractivity contribution < 1.29 is 32.0 Å². The highest BCUT2D eigenvalue weighted by molar-refractivity contribution is 7.86. The van der Waals surface area contributed by atoms with Gasteiger partial charge in [-0.2, -0.15) is 8.42 Å². The quantitative estimate of drug-likeness (QED) is 0.374. The molecule has 154 valence electrons. The van der Waals surface area contributed by atoms with Crippen LogP contribution in [0.3, 0.4) is 0 Å². The van der Waals surface area contributed by atoms with E-state index < -0.39 is 15.0 Å². The van der Waals surface area contributed by atoms with Crippen LogP contribution >= 0.6 is 0 Å². The van der Waals surface area contributed by atoms with Crippen LogP contribution in [0.1, 0.15) is 0 Å². The lowest BCUT2D eigenvalue weighted by Crippen LogP contribution is -2.04. The summed E-state index contributed by atoms with van der Waals surface area (Å²) < 4.78 is 50.0. The summed E-state index contributed by atoms with van der Waals surface area (Å²) >= 11 is 0. The molecule has 2 aromatic carbocycles. The highest BCUT2D eigenvalue weighted by Crippen LogP contribution is 2.46. The normalized spacial score (nSPS) is 11.7. The maximum atomic E-state index is 12.0. The van der Waals surface area contributed by atoms with Crippen molar-refractivity contribution in [3.05, 3.63) is 58.8 Å². The molecule has 0 spiro atoms. The molecule has 2 aliphatic rings. The van der Waals surface area contributed by atoms with Crippen molar-refractivity contribution in [2.24, 2.45) is 0 Å². The Hall–Kier alpha value is -3.56. The second-order valence-electron chi connectivity index (χ2n) is 6.49. The van der Waals surface area contributed by atoms with E-state index in [1.165, 1.54) is 50.6 Å². The van der Waals surface area contributed by atoms with Crippen LogP contribution in [0.25, 0.3) is 33.4 Å². The SMILES string of the molecule is COc1cc(OC)c(S(=O)(=O)O)cc1-c1c2ccc(=O)cc-2oc2cc(O)ccc12. The maximum absolute atomic E-state index is 12.0. The monoisotopic (exact) mass is 428 g/mol. The zero-order valence-electron chi connectivity index (χ0n) is 15.9. The van der Waals surface area contributed by atoms with Crippen molar-refractivity contribution in [2.45, 2.75) is 4.90 Å². The van der Waals surface area contributed by atoms with E-state index in [4.69, 9.17) is 13.9 Å². The van der Waals surface area contributed by atoms with Gasteiger partial charge in [0.05, 0.1) is 14.2 Å². The number of hydrogen-bond acceptors (Lipinski definition) is 7. The molecule has 30 heavy (non-hydrogen) atoms. The highest BCUT2D eigenvalue weighted by Gasteiger charge is 2.25. The third-order valence-corrected chi connectivity index (χ3v) is 5.58. The zero-order chi connectivity index (χ0) is 21.6. The Labute approximate surface area is 171 Å². The minimum Gasteiger partial charge on any atom is -0.508 e. The summed E-state index contributed by atoms with van der Waals surface area (Å²) in [5.41, 5.74) is 1.32. The molecule has 0 saturated carbocycles. The van der Waals surface area contributed by atoms with Gasteiger partial charge in [0, 0.05) is 40.3 Å². The Morgan fingerprint density at radius 1 is 0.900 bits per heavy atom. The van der Waals surface area contributed by atoms with Gasteiger partial charge in [-0.3, -0.25) is 9.35 Å². The summed E-state index contributed by atoms with van der Waals surface area (Å²) in [5.74, 6) is 0.371. The van der Waals surface area contributed by atoms with Crippen molar-refractivity contribution in [2.75, 3.05) is 14.2 Å². The van der Waals surface area contributed by atoms with Crippen LogP contribution in [0, 0.1) is 0 Å². The van der Waals surface area contributed by atoms with Crippen molar-refractivity contribution in [1.29, 1.82) is 0 Å². The number of methoxy groups -OCH3 is 2. The average molecular weight is 428 g/mol.